The van der Waals surface area contributed by atoms with Crippen molar-refractivity contribution in [2.45, 2.75) is 0 Å². The summed E-state index contributed by atoms with van der Waals surface area (Å²) in [6.07, 6.45) is 4.07. The molecule has 1 saturated heterocycles. The molecular weight excluding hydrogens is 564 g/mol. The number of allylic oxidation sites excluding steroid dienone is 3. The van der Waals surface area contributed by atoms with E-state index in [-0.39, 0.29) is 29.3 Å². The number of carbonyl (C=O) groups excluding carboxylic acids is 2. The molecule has 3 aromatic rings. The van der Waals surface area contributed by atoms with Crippen molar-refractivity contribution in [2.24, 2.45) is 23.7 Å². The van der Waals surface area contributed by atoms with E-state index in [1.54, 1.807) is 14.2 Å². The van der Waals surface area contributed by atoms with Crippen LogP contribution in [0.25, 0.3) is 5.57 Å². The highest BCUT2D eigenvalue weighted by molar-refractivity contribution is 9.10. The number of anilines is 1. The molecule has 1 aliphatic heterocycles. The maximum atomic E-state index is 13.8. The summed E-state index contributed by atoms with van der Waals surface area (Å²) < 4.78 is 11.0. The van der Waals surface area contributed by atoms with Gasteiger partial charge >= 0.3 is 0 Å². The van der Waals surface area contributed by atoms with E-state index in [9.17, 15) is 19.7 Å². The smallest absolute Gasteiger partial charge is 0.270 e. The number of rotatable bonds is 6. The van der Waals surface area contributed by atoms with E-state index in [1.807, 2.05) is 60.7 Å². The lowest BCUT2D eigenvalue weighted by Gasteiger charge is -2.22. The number of nitrogens with zero attached hydrogens (tertiary/aromatic N) is 2. The topological polar surface area (TPSA) is 99.0 Å². The van der Waals surface area contributed by atoms with E-state index in [2.05, 4.69) is 15.9 Å². The number of non-ortho nitro benzene ring substituents is 1. The summed E-state index contributed by atoms with van der Waals surface area (Å²) in [4.78, 5) is 39.5. The highest BCUT2D eigenvalue weighted by Crippen LogP contribution is 2.59. The lowest BCUT2D eigenvalue weighted by Crippen LogP contribution is -2.33. The van der Waals surface area contributed by atoms with Crippen LogP contribution in [0, 0.1) is 33.8 Å². The quantitative estimate of drug-likeness (QED) is 0.157. The number of nitro benzene ring substituents is 1. The van der Waals surface area contributed by atoms with Gasteiger partial charge in [-0.2, -0.15) is 0 Å². The Morgan fingerprint density at radius 3 is 1.72 bits per heavy atom. The monoisotopic (exact) mass is 586 g/mol. The average Bonchev–Trinajstić information content (AvgIpc) is 3.58. The number of nitro groups is 1. The maximum absolute atomic E-state index is 13.8. The van der Waals surface area contributed by atoms with Gasteiger partial charge in [-0.25, -0.2) is 4.90 Å². The van der Waals surface area contributed by atoms with E-state index in [0.717, 1.165) is 33.8 Å². The summed E-state index contributed by atoms with van der Waals surface area (Å²) in [5, 5.41) is 11.2. The number of carbonyl (C=O) groups is 2. The fraction of sp³-hybridized carbons (Fsp3) is 0.200. The largest absolute Gasteiger partial charge is 0.497 e. The average molecular weight is 587 g/mol. The second kappa shape index (κ2) is 9.50. The van der Waals surface area contributed by atoms with Crippen LogP contribution >= 0.6 is 15.9 Å². The van der Waals surface area contributed by atoms with Gasteiger partial charge < -0.3 is 9.47 Å². The predicted molar refractivity (Wildman–Crippen MR) is 148 cm³/mol. The lowest BCUT2D eigenvalue weighted by atomic mass is 9.85. The molecule has 2 fully saturated rings. The van der Waals surface area contributed by atoms with Gasteiger partial charge in [0, 0.05) is 28.4 Å². The summed E-state index contributed by atoms with van der Waals surface area (Å²) in [6.45, 7) is 0. The van der Waals surface area contributed by atoms with Crippen LogP contribution in [0.15, 0.2) is 88.9 Å². The molecule has 3 aromatic carbocycles. The van der Waals surface area contributed by atoms with Crippen LogP contribution in [0.1, 0.15) is 11.1 Å². The molecule has 0 spiro atoms. The fourth-order valence-corrected chi connectivity index (χ4v) is 6.68. The van der Waals surface area contributed by atoms with Gasteiger partial charge in [-0.1, -0.05) is 36.4 Å². The molecular formula is C30H23BrN2O6. The second-order valence-corrected chi connectivity index (χ2v) is 10.5. The predicted octanol–water partition coefficient (Wildman–Crippen LogP) is 5.80. The molecule has 196 valence electrons. The van der Waals surface area contributed by atoms with Crippen molar-refractivity contribution in [3.8, 4) is 11.5 Å². The zero-order valence-electron chi connectivity index (χ0n) is 21.0. The third-order valence-electron chi connectivity index (χ3n) is 7.84. The summed E-state index contributed by atoms with van der Waals surface area (Å²) in [5.74, 6) is -0.716. The van der Waals surface area contributed by atoms with Crippen molar-refractivity contribution in [3.63, 3.8) is 0 Å². The molecule has 39 heavy (non-hydrogen) atoms. The van der Waals surface area contributed by atoms with Gasteiger partial charge in [-0.05, 0) is 68.5 Å². The van der Waals surface area contributed by atoms with Gasteiger partial charge in [0.1, 0.15) is 11.5 Å². The number of amides is 2. The third-order valence-corrected chi connectivity index (χ3v) is 8.48. The van der Waals surface area contributed by atoms with Crippen LogP contribution in [0.2, 0.25) is 0 Å². The molecule has 0 radical (unpaired) electrons. The zero-order valence-corrected chi connectivity index (χ0v) is 22.6. The number of fused-ring (bicyclic) bond motifs is 5. The summed E-state index contributed by atoms with van der Waals surface area (Å²) >= 11 is 3.33. The zero-order chi connectivity index (χ0) is 27.4. The van der Waals surface area contributed by atoms with E-state index in [4.69, 9.17) is 9.47 Å². The summed E-state index contributed by atoms with van der Waals surface area (Å²) in [5.41, 5.74) is 4.15. The van der Waals surface area contributed by atoms with Crippen LogP contribution in [-0.4, -0.2) is 31.0 Å². The molecule has 9 heteroatoms. The minimum absolute atomic E-state index is 0.125. The van der Waals surface area contributed by atoms with Crippen LogP contribution in [0.5, 0.6) is 11.5 Å². The number of hydrogen-bond acceptors (Lipinski definition) is 6. The van der Waals surface area contributed by atoms with Gasteiger partial charge in [-0.15, -0.1) is 0 Å². The maximum Gasteiger partial charge on any atom is 0.270 e. The summed E-state index contributed by atoms with van der Waals surface area (Å²) in [7, 11) is 3.23. The van der Waals surface area contributed by atoms with Gasteiger partial charge in [0.25, 0.3) is 5.69 Å². The number of imide groups is 1. The SMILES string of the molecule is COc1ccc(C(=C2[C@H]3C=C[C@H]2[C@H]2C(=O)N(c4ccc([N+](=O)[O-])cc4Br)C(=O)[C@@H]23)c2ccc(OC)cc2)cc1. The minimum Gasteiger partial charge on any atom is -0.497 e. The first-order valence-corrected chi connectivity index (χ1v) is 13.2. The Morgan fingerprint density at radius 1 is 0.821 bits per heavy atom. The van der Waals surface area contributed by atoms with Gasteiger partial charge in [-0.3, -0.25) is 19.7 Å². The molecule has 4 atom stereocenters. The molecule has 0 unspecified atom stereocenters. The number of methoxy groups -OCH3 is 2. The van der Waals surface area contributed by atoms with Crippen LogP contribution in [0.4, 0.5) is 11.4 Å². The third kappa shape index (κ3) is 3.87. The molecule has 2 bridgehead atoms. The van der Waals surface area contributed by atoms with Crippen molar-refractivity contribution < 1.29 is 24.0 Å². The Labute approximate surface area is 232 Å². The molecule has 1 heterocycles. The molecule has 0 N–H and O–H groups in total. The highest BCUT2D eigenvalue weighted by Gasteiger charge is 2.62. The normalized spacial score (nSPS) is 22.8. The first-order chi connectivity index (χ1) is 18.8. The van der Waals surface area contributed by atoms with Crippen molar-refractivity contribution in [1.29, 1.82) is 0 Å². The molecule has 0 aromatic heterocycles. The Bertz CT molecular complexity index is 1490. The lowest BCUT2D eigenvalue weighted by molar-refractivity contribution is -0.384. The van der Waals surface area contributed by atoms with E-state index < -0.39 is 16.8 Å². The highest BCUT2D eigenvalue weighted by atomic mass is 79.9. The van der Waals surface area contributed by atoms with Crippen molar-refractivity contribution >= 4 is 44.7 Å². The van der Waals surface area contributed by atoms with Crippen molar-refractivity contribution in [3.05, 3.63) is 110 Å². The molecule has 8 nitrogen and oxygen atoms in total. The molecule has 2 amide bonds. The molecule has 2 aliphatic carbocycles. The van der Waals surface area contributed by atoms with Gasteiger partial charge in [0.15, 0.2) is 0 Å². The molecule has 6 rings (SSSR count). The standard InChI is InChI=1S/C30H23BrN2O6/c1-38-19-8-3-16(4-9-19)25(17-5-10-20(39-2)11-6-17)26-21-12-13-22(26)28-27(21)29(34)32(30(28)35)24-14-7-18(33(36)37)15-23(24)31/h3-15,21-22,27-28H,1-2H3/t21-,22-,27-,28-/m1/s1. The van der Waals surface area contributed by atoms with Crippen LogP contribution in [0.3, 0.4) is 0 Å². The van der Waals surface area contributed by atoms with Gasteiger partial charge in [0.2, 0.25) is 11.8 Å². The Morgan fingerprint density at radius 2 is 1.31 bits per heavy atom. The molecule has 1 saturated carbocycles. The van der Waals surface area contributed by atoms with E-state index in [0.29, 0.717) is 10.2 Å². The number of benzene rings is 3. The van der Waals surface area contributed by atoms with E-state index >= 15 is 0 Å². The summed E-state index contributed by atoms with van der Waals surface area (Å²) in [6, 6.07) is 19.6. The molecule has 3 aliphatic rings. The fourth-order valence-electron chi connectivity index (χ4n) is 6.14. The Hall–Kier alpha value is -4.24. The second-order valence-electron chi connectivity index (χ2n) is 9.68. The Kier molecular flexibility index (Phi) is 6.10. The number of halogens is 1. The van der Waals surface area contributed by atoms with E-state index in [1.165, 1.54) is 23.1 Å². The Balaban J connectivity index is 1.45. The van der Waals surface area contributed by atoms with Crippen molar-refractivity contribution in [2.75, 3.05) is 19.1 Å². The number of ether oxygens (including phenoxy) is 2. The first-order valence-electron chi connectivity index (χ1n) is 12.4. The van der Waals surface area contributed by atoms with Crippen molar-refractivity contribution in [1.82, 2.24) is 0 Å². The van der Waals surface area contributed by atoms with Crippen LogP contribution < -0.4 is 14.4 Å². The minimum atomic E-state index is -0.545. The van der Waals surface area contributed by atoms with Gasteiger partial charge in [0.05, 0.1) is 36.7 Å². The van der Waals surface area contributed by atoms with Crippen LogP contribution in [-0.2, 0) is 9.59 Å². The first kappa shape index (κ1) is 25.1. The number of hydrogen-bond donors (Lipinski definition) is 0.